The van der Waals surface area contributed by atoms with Gasteiger partial charge in [0.1, 0.15) is 17.5 Å². The number of carbonyl (C=O) groups is 3. The summed E-state index contributed by atoms with van der Waals surface area (Å²) in [7, 11) is 1.43. The molecule has 10 heteroatoms. The molecular weight excluding hydrogens is 315 g/mol. The van der Waals surface area contributed by atoms with Crippen molar-refractivity contribution in [3.63, 3.8) is 0 Å². The molecule has 0 aliphatic carbocycles. The molecule has 2 N–H and O–H groups in total. The molecule has 0 saturated heterocycles. The van der Waals surface area contributed by atoms with Gasteiger partial charge in [-0.05, 0) is 0 Å². The third-order valence-electron chi connectivity index (χ3n) is 1.93. The molecule has 1 rings (SSSR count). The van der Waals surface area contributed by atoms with E-state index < -0.39 is 17.7 Å². The van der Waals surface area contributed by atoms with Crippen molar-refractivity contribution < 1.29 is 14.4 Å². The van der Waals surface area contributed by atoms with Gasteiger partial charge in [0.25, 0.3) is 11.8 Å². The van der Waals surface area contributed by atoms with Gasteiger partial charge in [0.2, 0.25) is 10.7 Å². The Morgan fingerprint density at radius 3 is 2.58 bits per heavy atom. The second-order valence-corrected chi connectivity index (χ2v) is 4.50. The Hall–Kier alpha value is -1.38. The van der Waals surface area contributed by atoms with Crippen molar-refractivity contribution >= 4 is 52.3 Å². The van der Waals surface area contributed by atoms with Gasteiger partial charge in [0.15, 0.2) is 0 Å². The van der Waals surface area contributed by atoms with E-state index in [1.165, 1.54) is 12.4 Å². The summed E-state index contributed by atoms with van der Waals surface area (Å²) in [6, 6.07) is 0. The van der Waals surface area contributed by atoms with Gasteiger partial charge in [-0.1, -0.05) is 0 Å². The molecule has 1 aromatic rings. The summed E-state index contributed by atoms with van der Waals surface area (Å²) in [4.78, 5) is 34.4. The van der Waals surface area contributed by atoms with Gasteiger partial charge in [0.05, 0.1) is 0 Å². The van der Waals surface area contributed by atoms with E-state index in [1.807, 2.05) is 0 Å². The maximum atomic E-state index is 11.7. The average Bonchev–Trinajstić information content (AvgIpc) is 2.86. The topological polar surface area (TPSA) is 92.6 Å². The molecule has 0 unspecified atom stereocenters. The number of nitrogens with zero attached hydrogens (tertiary/aromatic N) is 2. The number of hydrogen-bond donors (Lipinski definition) is 2. The van der Waals surface area contributed by atoms with Crippen molar-refractivity contribution in [2.24, 2.45) is 5.10 Å². The molecule has 2 amide bonds. The van der Waals surface area contributed by atoms with E-state index in [2.05, 4.69) is 15.8 Å². The first kappa shape index (κ1) is 15.7. The van der Waals surface area contributed by atoms with Crippen LogP contribution in [0.15, 0.2) is 10.5 Å². The average molecular weight is 325 g/mol. The number of halogens is 2. The number of alkyl halides is 2. The zero-order valence-electron chi connectivity index (χ0n) is 9.77. The molecule has 19 heavy (non-hydrogen) atoms. The van der Waals surface area contributed by atoms with Gasteiger partial charge < -0.3 is 5.32 Å². The summed E-state index contributed by atoms with van der Waals surface area (Å²) in [5.41, 5.74) is 2.25. The normalized spacial score (nSPS) is 11.2. The highest BCUT2D eigenvalue weighted by atomic mass is 35.5. The maximum Gasteiger partial charge on any atom is 0.269 e. The van der Waals surface area contributed by atoms with Crippen LogP contribution in [-0.2, 0) is 4.79 Å². The molecule has 1 heterocycles. The van der Waals surface area contributed by atoms with Crippen molar-refractivity contribution in [3.05, 3.63) is 15.9 Å². The predicted molar refractivity (Wildman–Crippen MR) is 71.5 cm³/mol. The van der Waals surface area contributed by atoms with Crippen LogP contribution in [0.25, 0.3) is 0 Å². The zero-order valence-corrected chi connectivity index (χ0v) is 12.1. The molecule has 0 aliphatic rings. The third-order valence-corrected chi connectivity index (χ3v) is 3.23. The zero-order chi connectivity index (χ0) is 14.4. The van der Waals surface area contributed by atoms with E-state index in [9.17, 15) is 14.4 Å². The third kappa shape index (κ3) is 3.79. The lowest BCUT2D eigenvalue weighted by atomic mass is 10.4. The van der Waals surface area contributed by atoms with Crippen LogP contribution in [0.3, 0.4) is 0 Å². The molecule has 0 spiro atoms. The lowest BCUT2D eigenvalue weighted by molar-refractivity contribution is -0.118. The fourth-order valence-electron chi connectivity index (χ4n) is 1.12. The molecule has 0 atom stereocenters. The fraction of sp³-hybridized carbons (Fsp3) is 0.333. The predicted octanol–water partition coefficient (Wildman–Crippen LogP) is -0.0411. The minimum atomic E-state index is -0.527. The standard InChI is InChI=1S/C9H10Cl2N4O3S/c1-12-8(18)5-4-19-9(14-13-6(16)2-10)15(5)7(17)3-11/h4H,2-3H2,1H3,(H,12,18)(H,13,16)/b14-9-. The summed E-state index contributed by atoms with van der Waals surface area (Å²) in [5, 5.41) is 7.55. The van der Waals surface area contributed by atoms with Crippen molar-refractivity contribution in [3.8, 4) is 0 Å². The van der Waals surface area contributed by atoms with E-state index in [0.29, 0.717) is 0 Å². The van der Waals surface area contributed by atoms with Gasteiger partial charge >= 0.3 is 0 Å². The monoisotopic (exact) mass is 324 g/mol. The Morgan fingerprint density at radius 1 is 1.37 bits per heavy atom. The Bertz CT molecular complexity index is 566. The molecule has 1 aromatic heterocycles. The smallest absolute Gasteiger partial charge is 0.269 e. The lowest BCUT2D eigenvalue weighted by Gasteiger charge is -2.04. The first-order valence-electron chi connectivity index (χ1n) is 4.95. The Morgan fingerprint density at radius 2 is 2.05 bits per heavy atom. The summed E-state index contributed by atoms with van der Waals surface area (Å²) in [6.45, 7) is 0. The molecule has 0 fully saturated rings. The largest absolute Gasteiger partial charge is 0.354 e. The van der Waals surface area contributed by atoms with Crippen LogP contribution < -0.4 is 15.5 Å². The van der Waals surface area contributed by atoms with Crippen molar-refractivity contribution in [2.45, 2.75) is 0 Å². The van der Waals surface area contributed by atoms with Gasteiger partial charge in [-0.15, -0.1) is 39.6 Å². The molecule has 104 valence electrons. The van der Waals surface area contributed by atoms with E-state index in [-0.39, 0.29) is 22.3 Å². The highest BCUT2D eigenvalue weighted by molar-refractivity contribution is 7.07. The first-order valence-corrected chi connectivity index (χ1v) is 6.90. The quantitative estimate of drug-likeness (QED) is 0.601. The van der Waals surface area contributed by atoms with Crippen LogP contribution in [0.2, 0.25) is 0 Å². The molecule has 0 aromatic carbocycles. The molecular formula is C9H10Cl2N4O3S. The fourth-order valence-corrected chi connectivity index (χ4v) is 2.13. The number of aromatic nitrogens is 1. The molecule has 0 saturated carbocycles. The first-order chi connectivity index (χ1) is 9.04. The Labute approximate surface area is 122 Å². The highest BCUT2D eigenvalue weighted by Crippen LogP contribution is 2.02. The van der Waals surface area contributed by atoms with Gasteiger partial charge in [-0.3, -0.25) is 14.4 Å². The number of amides is 2. The summed E-state index contributed by atoms with van der Waals surface area (Å²) in [6.07, 6.45) is 0. The van der Waals surface area contributed by atoms with E-state index in [1.54, 1.807) is 0 Å². The summed E-state index contributed by atoms with van der Waals surface area (Å²) in [5.74, 6) is -2.10. The van der Waals surface area contributed by atoms with E-state index >= 15 is 0 Å². The lowest BCUT2D eigenvalue weighted by Crippen LogP contribution is -2.33. The molecule has 0 radical (unpaired) electrons. The van der Waals surface area contributed by atoms with Gasteiger partial charge in [-0.25, -0.2) is 9.99 Å². The van der Waals surface area contributed by atoms with Crippen LogP contribution in [0.1, 0.15) is 15.3 Å². The van der Waals surface area contributed by atoms with Crippen LogP contribution in [0.5, 0.6) is 0 Å². The van der Waals surface area contributed by atoms with E-state index in [0.717, 1.165) is 15.9 Å². The Kier molecular flexibility index (Phi) is 6.00. The van der Waals surface area contributed by atoms with Crippen LogP contribution >= 0.6 is 34.5 Å². The molecule has 0 bridgehead atoms. The van der Waals surface area contributed by atoms with E-state index in [4.69, 9.17) is 23.2 Å². The number of thiazole rings is 1. The minimum absolute atomic E-state index is 0.0945. The number of rotatable bonds is 4. The van der Waals surface area contributed by atoms with Gasteiger partial charge in [0, 0.05) is 12.4 Å². The SMILES string of the molecule is CNC(=O)c1cs/c(=N\NC(=O)CCl)n1C(=O)CCl. The van der Waals surface area contributed by atoms with Gasteiger partial charge in [-0.2, -0.15) is 0 Å². The Balaban J connectivity index is 3.26. The van der Waals surface area contributed by atoms with Crippen LogP contribution in [-0.4, -0.2) is 41.1 Å². The second kappa shape index (κ2) is 7.27. The van der Waals surface area contributed by atoms with Crippen LogP contribution in [0.4, 0.5) is 0 Å². The number of hydrogen-bond acceptors (Lipinski definition) is 5. The number of carbonyl (C=O) groups excluding carboxylic acids is 3. The minimum Gasteiger partial charge on any atom is -0.354 e. The highest BCUT2D eigenvalue weighted by Gasteiger charge is 2.17. The second-order valence-electron chi connectivity index (χ2n) is 3.13. The maximum absolute atomic E-state index is 11.7. The summed E-state index contributed by atoms with van der Waals surface area (Å²) < 4.78 is 1.03. The van der Waals surface area contributed by atoms with Crippen molar-refractivity contribution in [1.29, 1.82) is 0 Å². The molecule has 0 aliphatic heterocycles. The molecule has 7 nitrogen and oxygen atoms in total. The summed E-state index contributed by atoms with van der Waals surface area (Å²) >= 11 is 11.8. The van der Waals surface area contributed by atoms with Crippen LogP contribution in [0, 0.1) is 0 Å². The van der Waals surface area contributed by atoms with Crippen molar-refractivity contribution in [2.75, 3.05) is 18.8 Å². The number of nitrogens with one attached hydrogen (secondary N) is 2. The van der Waals surface area contributed by atoms with Crippen molar-refractivity contribution in [1.82, 2.24) is 15.3 Å².